The zero-order valence-electron chi connectivity index (χ0n) is 18.3. The van der Waals surface area contributed by atoms with Gasteiger partial charge in [-0.3, -0.25) is 5.32 Å². The molecule has 0 radical (unpaired) electrons. The fourth-order valence-corrected chi connectivity index (χ4v) is 4.04. The first-order valence-electron chi connectivity index (χ1n) is 11.5. The smallest absolute Gasteiger partial charge is 0.412 e. The number of unbranched alkanes of at least 4 members (excludes halogenated alkanes) is 7. The van der Waals surface area contributed by atoms with E-state index in [1.165, 1.54) is 25.7 Å². The maximum absolute atomic E-state index is 12.4. The molecule has 0 atom stereocenters. The minimum absolute atomic E-state index is 0.187. The monoisotopic (exact) mass is 405 g/mol. The molecule has 1 aliphatic heterocycles. The Labute approximate surface area is 176 Å². The second kappa shape index (κ2) is 12.7. The van der Waals surface area contributed by atoms with E-state index in [1.54, 1.807) is 0 Å². The first kappa shape index (κ1) is 23.5. The van der Waals surface area contributed by atoms with Gasteiger partial charge in [0.25, 0.3) is 0 Å². The lowest BCUT2D eigenvalue weighted by Crippen LogP contribution is -2.39. The maximum atomic E-state index is 12.4. The first-order chi connectivity index (χ1) is 14.1. The van der Waals surface area contributed by atoms with Crippen LogP contribution in [0.1, 0.15) is 96.5 Å². The minimum Gasteiger partial charge on any atom is -0.494 e. The summed E-state index contributed by atoms with van der Waals surface area (Å²) in [6, 6.07) is 5.89. The van der Waals surface area contributed by atoms with Gasteiger partial charge >= 0.3 is 6.09 Å². The molecule has 0 saturated carbocycles. The average molecular weight is 406 g/mol. The van der Waals surface area contributed by atoms with E-state index in [-0.39, 0.29) is 12.7 Å². The molecule has 5 heteroatoms. The molecule has 0 unspecified atom stereocenters. The Balaban J connectivity index is 2.21. The molecule has 0 aromatic heterocycles. The Morgan fingerprint density at radius 2 is 1.66 bits per heavy atom. The SMILES string of the molecule is CCCCCCC1(CCCCCC)OC(=O)Nc2ccc(OCCCCO)cc21. The van der Waals surface area contributed by atoms with Gasteiger partial charge in [-0.15, -0.1) is 0 Å². The maximum Gasteiger partial charge on any atom is 0.412 e. The number of cyclic esters (lactones) is 1. The van der Waals surface area contributed by atoms with Crippen LogP contribution in [0.15, 0.2) is 18.2 Å². The van der Waals surface area contributed by atoms with Gasteiger partial charge in [0.1, 0.15) is 11.4 Å². The summed E-state index contributed by atoms with van der Waals surface area (Å²) >= 11 is 0. The predicted octanol–water partition coefficient (Wildman–Crippen LogP) is 6.54. The minimum atomic E-state index is -0.566. The van der Waals surface area contributed by atoms with Crippen molar-refractivity contribution in [2.24, 2.45) is 0 Å². The van der Waals surface area contributed by atoms with Gasteiger partial charge in [-0.1, -0.05) is 52.4 Å². The number of carbonyl (C=O) groups excluding carboxylic acids is 1. The summed E-state index contributed by atoms with van der Waals surface area (Å²) in [4.78, 5) is 12.4. The quantitative estimate of drug-likeness (QED) is 0.325. The molecule has 0 fully saturated rings. The van der Waals surface area contributed by atoms with Crippen LogP contribution in [0.25, 0.3) is 0 Å². The topological polar surface area (TPSA) is 67.8 Å². The molecule has 0 spiro atoms. The highest BCUT2D eigenvalue weighted by molar-refractivity contribution is 5.89. The van der Waals surface area contributed by atoms with E-state index >= 15 is 0 Å². The van der Waals surface area contributed by atoms with Crippen molar-refractivity contribution < 1.29 is 19.4 Å². The molecule has 164 valence electrons. The van der Waals surface area contributed by atoms with E-state index in [4.69, 9.17) is 14.6 Å². The number of hydrogen-bond donors (Lipinski definition) is 2. The standard InChI is InChI=1S/C24H39NO4/c1-3-5-7-9-15-24(16-10-8-6-4-2)21-19-20(28-18-12-11-17-26)13-14-22(21)25-23(27)29-24/h13-14,19,26H,3-12,15-18H2,1-2H3,(H,25,27). The van der Waals surface area contributed by atoms with Gasteiger partial charge in [-0.05, 0) is 56.7 Å². The van der Waals surface area contributed by atoms with Gasteiger partial charge < -0.3 is 14.6 Å². The number of carbonyl (C=O) groups is 1. The number of nitrogens with one attached hydrogen (secondary N) is 1. The second-order valence-corrected chi connectivity index (χ2v) is 8.12. The summed E-state index contributed by atoms with van der Waals surface area (Å²) < 4.78 is 11.9. The summed E-state index contributed by atoms with van der Waals surface area (Å²) in [6.45, 7) is 5.18. The number of aliphatic hydroxyl groups excluding tert-OH is 1. The molecule has 2 rings (SSSR count). The summed E-state index contributed by atoms with van der Waals surface area (Å²) in [5, 5.41) is 11.8. The van der Waals surface area contributed by atoms with Crippen LogP contribution in [0.2, 0.25) is 0 Å². The number of fused-ring (bicyclic) bond motifs is 1. The summed E-state index contributed by atoms with van der Waals surface area (Å²) in [5.41, 5.74) is 1.32. The van der Waals surface area contributed by atoms with Crippen LogP contribution < -0.4 is 10.1 Å². The van der Waals surface area contributed by atoms with Gasteiger partial charge in [0.15, 0.2) is 0 Å². The molecule has 2 N–H and O–H groups in total. The highest BCUT2D eigenvalue weighted by Crippen LogP contribution is 2.45. The molecular formula is C24H39NO4. The van der Waals surface area contributed by atoms with Crippen LogP contribution in [0.4, 0.5) is 10.5 Å². The van der Waals surface area contributed by atoms with Gasteiger partial charge in [0, 0.05) is 12.2 Å². The summed E-state index contributed by atoms with van der Waals surface area (Å²) in [6.07, 6.45) is 12.1. The van der Waals surface area contributed by atoms with Gasteiger partial charge in [-0.2, -0.15) is 0 Å². The van der Waals surface area contributed by atoms with E-state index in [9.17, 15) is 4.79 Å². The Morgan fingerprint density at radius 1 is 0.966 bits per heavy atom. The second-order valence-electron chi connectivity index (χ2n) is 8.12. The lowest BCUT2D eigenvalue weighted by molar-refractivity contribution is -0.00703. The number of amides is 1. The zero-order chi connectivity index (χ0) is 21.0. The van der Waals surface area contributed by atoms with Crippen molar-refractivity contribution in [3.8, 4) is 5.75 Å². The van der Waals surface area contributed by atoms with Crippen LogP contribution in [-0.2, 0) is 10.3 Å². The Hall–Kier alpha value is -1.75. The Kier molecular flexibility index (Phi) is 10.3. The van der Waals surface area contributed by atoms with Gasteiger partial charge in [-0.25, -0.2) is 4.79 Å². The fraction of sp³-hybridized carbons (Fsp3) is 0.708. The number of anilines is 1. The molecule has 1 aromatic carbocycles. The molecular weight excluding hydrogens is 366 g/mol. The van der Waals surface area contributed by atoms with Crippen LogP contribution >= 0.6 is 0 Å². The third-order valence-corrected chi connectivity index (χ3v) is 5.70. The van der Waals surface area contributed by atoms with Gasteiger partial charge in [0.2, 0.25) is 0 Å². The molecule has 0 saturated heterocycles. The van der Waals surface area contributed by atoms with Crippen molar-refractivity contribution in [1.82, 2.24) is 0 Å². The van der Waals surface area contributed by atoms with Crippen molar-refractivity contribution in [1.29, 1.82) is 0 Å². The number of aliphatic hydroxyl groups is 1. The number of ether oxygens (including phenoxy) is 2. The normalized spacial score (nSPS) is 14.8. The van der Waals surface area contributed by atoms with Crippen molar-refractivity contribution in [2.45, 2.75) is 96.5 Å². The highest BCUT2D eigenvalue weighted by atomic mass is 16.6. The molecule has 1 aliphatic rings. The van der Waals surface area contributed by atoms with E-state index in [0.717, 1.165) is 68.4 Å². The lowest BCUT2D eigenvalue weighted by Gasteiger charge is -2.39. The van der Waals surface area contributed by atoms with Crippen molar-refractivity contribution >= 4 is 11.8 Å². The van der Waals surface area contributed by atoms with E-state index < -0.39 is 5.60 Å². The van der Waals surface area contributed by atoms with E-state index in [2.05, 4.69) is 19.2 Å². The van der Waals surface area contributed by atoms with Crippen molar-refractivity contribution in [3.05, 3.63) is 23.8 Å². The molecule has 1 amide bonds. The van der Waals surface area contributed by atoms with Gasteiger partial charge in [0.05, 0.1) is 12.3 Å². The third-order valence-electron chi connectivity index (χ3n) is 5.70. The molecule has 5 nitrogen and oxygen atoms in total. The van der Waals surface area contributed by atoms with Crippen molar-refractivity contribution in [2.75, 3.05) is 18.5 Å². The number of benzene rings is 1. The van der Waals surface area contributed by atoms with Crippen molar-refractivity contribution in [3.63, 3.8) is 0 Å². The molecule has 0 aliphatic carbocycles. The largest absolute Gasteiger partial charge is 0.494 e. The highest BCUT2D eigenvalue weighted by Gasteiger charge is 2.41. The molecule has 0 bridgehead atoms. The zero-order valence-corrected chi connectivity index (χ0v) is 18.3. The van der Waals surface area contributed by atoms with E-state index in [1.807, 2.05) is 18.2 Å². The predicted molar refractivity (Wildman–Crippen MR) is 118 cm³/mol. The van der Waals surface area contributed by atoms with Crippen LogP contribution in [0.5, 0.6) is 5.75 Å². The van der Waals surface area contributed by atoms with Crippen LogP contribution in [-0.4, -0.2) is 24.4 Å². The first-order valence-corrected chi connectivity index (χ1v) is 11.5. The molecule has 29 heavy (non-hydrogen) atoms. The van der Waals surface area contributed by atoms with E-state index in [0.29, 0.717) is 6.61 Å². The number of hydrogen-bond acceptors (Lipinski definition) is 4. The van der Waals surface area contributed by atoms with Crippen LogP contribution in [0, 0.1) is 0 Å². The Morgan fingerprint density at radius 3 is 2.28 bits per heavy atom. The lowest BCUT2D eigenvalue weighted by atomic mass is 9.81. The summed E-state index contributed by atoms with van der Waals surface area (Å²) in [5.74, 6) is 0.799. The molecule has 1 aromatic rings. The number of rotatable bonds is 15. The molecule has 1 heterocycles. The fourth-order valence-electron chi connectivity index (χ4n) is 4.04. The average Bonchev–Trinajstić information content (AvgIpc) is 2.72. The Bertz CT molecular complexity index is 605. The third kappa shape index (κ3) is 7.22. The van der Waals surface area contributed by atoms with Crippen LogP contribution in [0.3, 0.4) is 0 Å². The summed E-state index contributed by atoms with van der Waals surface area (Å²) in [7, 11) is 0.